The van der Waals surface area contributed by atoms with Crippen LogP contribution in [0, 0.1) is 0 Å². The summed E-state index contributed by atoms with van der Waals surface area (Å²) in [5, 5.41) is 5.21. The van der Waals surface area contributed by atoms with E-state index in [1.165, 1.54) is 0 Å². The number of halogens is 1. The van der Waals surface area contributed by atoms with E-state index in [1.807, 2.05) is 30.3 Å². The van der Waals surface area contributed by atoms with Crippen molar-refractivity contribution in [3.63, 3.8) is 0 Å². The molecule has 2 N–H and O–H groups in total. The summed E-state index contributed by atoms with van der Waals surface area (Å²) in [5.41, 5.74) is 2.27. The molecule has 0 spiro atoms. The number of anilines is 3. The highest BCUT2D eigenvalue weighted by molar-refractivity contribution is 9.10. The SMILES string of the molecule is CN1CCN(c2ccc(NC(=O)C(=O)Nc3ccccc3Br)cc2)CC1. The van der Waals surface area contributed by atoms with Gasteiger partial charge in [-0.3, -0.25) is 9.59 Å². The van der Waals surface area contributed by atoms with E-state index in [-0.39, 0.29) is 0 Å². The Bertz CT molecular complexity index is 786. The number of carbonyl (C=O) groups excluding carboxylic acids is 2. The highest BCUT2D eigenvalue weighted by Crippen LogP contribution is 2.22. The van der Waals surface area contributed by atoms with Gasteiger partial charge in [-0.05, 0) is 59.4 Å². The fraction of sp³-hybridized carbons (Fsp3) is 0.263. The van der Waals surface area contributed by atoms with Crippen LogP contribution in [0.4, 0.5) is 17.1 Å². The molecule has 0 aliphatic carbocycles. The second-order valence-electron chi connectivity index (χ2n) is 6.23. The van der Waals surface area contributed by atoms with Gasteiger partial charge in [0.05, 0.1) is 5.69 Å². The van der Waals surface area contributed by atoms with E-state index in [0.717, 1.165) is 36.3 Å². The van der Waals surface area contributed by atoms with Gasteiger partial charge in [0.15, 0.2) is 0 Å². The molecule has 2 amide bonds. The van der Waals surface area contributed by atoms with Gasteiger partial charge in [0.2, 0.25) is 0 Å². The van der Waals surface area contributed by atoms with Gasteiger partial charge in [-0.25, -0.2) is 0 Å². The number of hydrogen-bond acceptors (Lipinski definition) is 4. The quantitative estimate of drug-likeness (QED) is 0.754. The number of likely N-dealkylation sites (N-methyl/N-ethyl adjacent to an activating group) is 1. The maximum absolute atomic E-state index is 12.1. The zero-order valence-corrected chi connectivity index (χ0v) is 16.1. The van der Waals surface area contributed by atoms with Crippen molar-refractivity contribution >= 4 is 44.8 Å². The molecule has 1 aliphatic heterocycles. The van der Waals surface area contributed by atoms with E-state index < -0.39 is 11.8 Å². The van der Waals surface area contributed by atoms with Gasteiger partial charge in [0.25, 0.3) is 0 Å². The normalized spacial score (nSPS) is 14.8. The summed E-state index contributed by atoms with van der Waals surface area (Å²) in [6.07, 6.45) is 0. The summed E-state index contributed by atoms with van der Waals surface area (Å²) in [5.74, 6) is -1.41. The topological polar surface area (TPSA) is 64.7 Å². The Morgan fingerprint density at radius 1 is 0.885 bits per heavy atom. The van der Waals surface area contributed by atoms with Crippen molar-refractivity contribution in [3.05, 3.63) is 53.0 Å². The number of hydrogen-bond donors (Lipinski definition) is 2. The zero-order chi connectivity index (χ0) is 18.5. The first-order valence-corrected chi connectivity index (χ1v) is 9.22. The van der Waals surface area contributed by atoms with Crippen molar-refractivity contribution in [2.75, 3.05) is 48.8 Å². The Labute approximate surface area is 161 Å². The Balaban J connectivity index is 1.57. The van der Waals surface area contributed by atoms with Crippen molar-refractivity contribution in [2.45, 2.75) is 0 Å². The van der Waals surface area contributed by atoms with Crippen LogP contribution in [0.3, 0.4) is 0 Å². The minimum Gasteiger partial charge on any atom is -0.369 e. The number of para-hydroxylation sites is 1. The molecule has 2 aromatic rings. The summed E-state index contributed by atoms with van der Waals surface area (Å²) in [4.78, 5) is 28.8. The van der Waals surface area contributed by atoms with Crippen molar-refractivity contribution in [3.8, 4) is 0 Å². The zero-order valence-electron chi connectivity index (χ0n) is 14.5. The molecular formula is C19H21BrN4O2. The number of amides is 2. The molecule has 1 saturated heterocycles. The lowest BCUT2D eigenvalue weighted by molar-refractivity contribution is -0.133. The average molecular weight is 417 g/mol. The number of rotatable bonds is 3. The van der Waals surface area contributed by atoms with Crippen LogP contribution in [-0.2, 0) is 9.59 Å². The largest absolute Gasteiger partial charge is 0.369 e. The van der Waals surface area contributed by atoms with Crippen LogP contribution in [0.15, 0.2) is 53.0 Å². The molecule has 6 nitrogen and oxygen atoms in total. The summed E-state index contributed by atoms with van der Waals surface area (Å²) in [7, 11) is 2.12. The second kappa shape index (κ2) is 8.33. The number of benzene rings is 2. The van der Waals surface area contributed by atoms with Gasteiger partial charge in [-0.1, -0.05) is 12.1 Å². The van der Waals surface area contributed by atoms with Crippen LogP contribution >= 0.6 is 15.9 Å². The van der Waals surface area contributed by atoms with Gasteiger partial charge in [0.1, 0.15) is 0 Å². The lowest BCUT2D eigenvalue weighted by atomic mass is 10.2. The Morgan fingerprint density at radius 2 is 1.50 bits per heavy atom. The molecule has 0 bridgehead atoms. The molecule has 26 heavy (non-hydrogen) atoms. The van der Waals surface area contributed by atoms with Crippen LogP contribution in [-0.4, -0.2) is 49.9 Å². The van der Waals surface area contributed by atoms with Crippen molar-refractivity contribution < 1.29 is 9.59 Å². The first-order chi connectivity index (χ1) is 12.5. The molecule has 0 unspecified atom stereocenters. The molecule has 0 radical (unpaired) electrons. The predicted molar refractivity (Wildman–Crippen MR) is 108 cm³/mol. The van der Waals surface area contributed by atoms with Gasteiger partial charge in [-0.15, -0.1) is 0 Å². The molecule has 1 aliphatic rings. The van der Waals surface area contributed by atoms with Crippen molar-refractivity contribution in [1.29, 1.82) is 0 Å². The van der Waals surface area contributed by atoms with Crippen LogP contribution in [0.5, 0.6) is 0 Å². The average Bonchev–Trinajstić information content (AvgIpc) is 2.65. The molecule has 136 valence electrons. The standard InChI is InChI=1S/C19H21BrN4O2/c1-23-10-12-24(13-11-23)15-8-6-14(7-9-15)21-18(25)19(26)22-17-5-3-2-4-16(17)20/h2-9H,10-13H2,1H3,(H,21,25)(H,22,26). The third-order valence-electron chi connectivity index (χ3n) is 4.32. The third kappa shape index (κ3) is 4.62. The molecule has 1 fully saturated rings. The van der Waals surface area contributed by atoms with E-state index in [4.69, 9.17) is 0 Å². The van der Waals surface area contributed by atoms with E-state index in [1.54, 1.807) is 18.2 Å². The molecule has 0 saturated carbocycles. The van der Waals surface area contributed by atoms with Crippen LogP contribution in [0.2, 0.25) is 0 Å². The summed E-state index contributed by atoms with van der Waals surface area (Å²) in [6.45, 7) is 4.04. The maximum atomic E-state index is 12.1. The van der Waals surface area contributed by atoms with E-state index >= 15 is 0 Å². The first kappa shape index (κ1) is 18.4. The highest BCUT2D eigenvalue weighted by atomic mass is 79.9. The van der Waals surface area contributed by atoms with Gasteiger partial charge < -0.3 is 20.4 Å². The Kier molecular flexibility index (Phi) is 5.90. The molecule has 1 heterocycles. The first-order valence-electron chi connectivity index (χ1n) is 8.43. The fourth-order valence-electron chi connectivity index (χ4n) is 2.75. The van der Waals surface area contributed by atoms with Crippen LogP contribution in [0.25, 0.3) is 0 Å². The van der Waals surface area contributed by atoms with Crippen LogP contribution in [0.1, 0.15) is 0 Å². The van der Waals surface area contributed by atoms with E-state index in [9.17, 15) is 9.59 Å². The fourth-order valence-corrected chi connectivity index (χ4v) is 3.13. The van der Waals surface area contributed by atoms with Crippen molar-refractivity contribution in [2.24, 2.45) is 0 Å². The monoisotopic (exact) mass is 416 g/mol. The minimum atomic E-state index is -0.708. The molecule has 7 heteroatoms. The lowest BCUT2D eigenvalue weighted by Crippen LogP contribution is -2.44. The molecule has 3 rings (SSSR count). The number of carbonyl (C=O) groups is 2. The van der Waals surface area contributed by atoms with E-state index in [2.05, 4.69) is 43.4 Å². The van der Waals surface area contributed by atoms with Gasteiger partial charge >= 0.3 is 11.8 Å². The summed E-state index contributed by atoms with van der Waals surface area (Å²) >= 11 is 3.34. The number of nitrogens with zero attached hydrogens (tertiary/aromatic N) is 2. The summed E-state index contributed by atoms with van der Waals surface area (Å²) < 4.78 is 0.720. The molecule has 2 aromatic carbocycles. The Hall–Kier alpha value is -2.38. The lowest BCUT2D eigenvalue weighted by Gasteiger charge is -2.34. The van der Waals surface area contributed by atoms with Crippen LogP contribution < -0.4 is 15.5 Å². The number of piperazine rings is 1. The molecule has 0 atom stereocenters. The minimum absolute atomic E-state index is 0.554. The van der Waals surface area contributed by atoms with Gasteiger partial charge in [0, 0.05) is 42.0 Å². The molecular weight excluding hydrogens is 396 g/mol. The van der Waals surface area contributed by atoms with Gasteiger partial charge in [-0.2, -0.15) is 0 Å². The predicted octanol–water partition coefficient (Wildman–Crippen LogP) is 2.78. The third-order valence-corrected chi connectivity index (χ3v) is 5.01. The Morgan fingerprint density at radius 3 is 2.15 bits per heavy atom. The van der Waals surface area contributed by atoms with Crippen molar-refractivity contribution in [1.82, 2.24) is 4.90 Å². The second-order valence-corrected chi connectivity index (χ2v) is 7.08. The number of nitrogens with one attached hydrogen (secondary N) is 2. The highest BCUT2D eigenvalue weighted by Gasteiger charge is 2.16. The summed E-state index contributed by atoms with van der Waals surface area (Å²) in [6, 6.07) is 14.7. The smallest absolute Gasteiger partial charge is 0.314 e. The maximum Gasteiger partial charge on any atom is 0.314 e. The molecule has 0 aromatic heterocycles. The van der Waals surface area contributed by atoms with E-state index in [0.29, 0.717) is 11.4 Å².